The second kappa shape index (κ2) is 5.20. The summed E-state index contributed by atoms with van der Waals surface area (Å²) >= 11 is 0. The van der Waals surface area contributed by atoms with Gasteiger partial charge < -0.3 is 14.4 Å². The van der Waals surface area contributed by atoms with E-state index in [0.29, 0.717) is 18.4 Å². The van der Waals surface area contributed by atoms with E-state index in [1.54, 1.807) is 6.07 Å². The van der Waals surface area contributed by atoms with Crippen molar-refractivity contribution < 1.29 is 23.5 Å². The van der Waals surface area contributed by atoms with Gasteiger partial charge in [0.15, 0.2) is 17.2 Å². The molecule has 1 atom stereocenters. The monoisotopic (exact) mass is 291 g/mol. The Hall–Kier alpha value is -2.37. The predicted molar refractivity (Wildman–Crippen MR) is 72.5 cm³/mol. The molecule has 1 aromatic carbocycles. The number of fused-ring (bicyclic) bond motifs is 1. The van der Waals surface area contributed by atoms with Gasteiger partial charge in [0, 0.05) is 11.9 Å². The number of amides is 1. The first kappa shape index (κ1) is 13.6. The number of piperidine rings is 1. The molecule has 0 bridgehead atoms. The van der Waals surface area contributed by atoms with Crippen LogP contribution in [0.25, 0.3) is 11.0 Å². The maximum atomic E-state index is 13.6. The maximum absolute atomic E-state index is 13.6. The van der Waals surface area contributed by atoms with Crippen molar-refractivity contribution in [3.8, 4) is 0 Å². The summed E-state index contributed by atoms with van der Waals surface area (Å²) in [6, 6.07) is 5.03. The zero-order valence-corrected chi connectivity index (χ0v) is 11.2. The number of benzene rings is 1. The average Bonchev–Trinajstić information content (AvgIpc) is 2.92. The van der Waals surface area contributed by atoms with Crippen LogP contribution in [-0.2, 0) is 4.79 Å². The first-order valence-electron chi connectivity index (χ1n) is 6.80. The number of nitrogens with zero attached hydrogens (tertiary/aromatic N) is 1. The number of carbonyl (C=O) groups excluding carboxylic acids is 1. The van der Waals surface area contributed by atoms with Crippen molar-refractivity contribution >= 4 is 22.8 Å². The van der Waals surface area contributed by atoms with Crippen LogP contribution in [0.5, 0.6) is 0 Å². The van der Waals surface area contributed by atoms with E-state index >= 15 is 0 Å². The summed E-state index contributed by atoms with van der Waals surface area (Å²) in [5.41, 5.74) is 0.0183. The molecule has 0 radical (unpaired) electrons. The smallest absolute Gasteiger partial charge is 0.326 e. The van der Waals surface area contributed by atoms with Crippen LogP contribution < -0.4 is 0 Å². The molecule has 0 aliphatic carbocycles. The lowest BCUT2D eigenvalue weighted by atomic mass is 10.0. The molecular weight excluding hydrogens is 277 g/mol. The van der Waals surface area contributed by atoms with Crippen LogP contribution in [0.3, 0.4) is 0 Å². The number of halogens is 1. The SMILES string of the molecule is O=C(O)[C@H]1CCCCN1C(=O)c1cc2cccc(F)c2o1. The largest absolute Gasteiger partial charge is 0.480 e. The Morgan fingerprint density at radius 1 is 1.33 bits per heavy atom. The lowest BCUT2D eigenvalue weighted by Gasteiger charge is -2.32. The molecule has 1 N–H and O–H groups in total. The Kier molecular flexibility index (Phi) is 3.37. The number of rotatable bonds is 2. The number of para-hydroxylation sites is 1. The van der Waals surface area contributed by atoms with Gasteiger partial charge in [0.05, 0.1) is 0 Å². The molecular formula is C15H14FNO4. The van der Waals surface area contributed by atoms with E-state index in [4.69, 9.17) is 4.42 Å². The second-order valence-corrected chi connectivity index (χ2v) is 5.12. The Labute approximate surface area is 119 Å². The fourth-order valence-corrected chi connectivity index (χ4v) is 2.71. The standard InChI is InChI=1S/C15H14FNO4/c16-10-5-3-4-9-8-12(21-13(9)10)14(18)17-7-2-1-6-11(17)15(19)20/h3-5,8,11H,1-2,6-7H2,(H,19,20)/t11-/m1/s1. The topological polar surface area (TPSA) is 70.8 Å². The van der Waals surface area contributed by atoms with Gasteiger partial charge in [-0.25, -0.2) is 9.18 Å². The second-order valence-electron chi connectivity index (χ2n) is 5.12. The summed E-state index contributed by atoms with van der Waals surface area (Å²) in [6.07, 6.45) is 1.95. The zero-order chi connectivity index (χ0) is 15.0. The van der Waals surface area contributed by atoms with E-state index in [9.17, 15) is 19.1 Å². The molecule has 1 amide bonds. The molecule has 1 saturated heterocycles. The first-order chi connectivity index (χ1) is 10.1. The molecule has 0 unspecified atom stereocenters. The van der Waals surface area contributed by atoms with Crippen molar-refractivity contribution in [2.75, 3.05) is 6.54 Å². The van der Waals surface area contributed by atoms with Gasteiger partial charge in [-0.2, -0.15) is 0 Å². The van der Waals surface area contributed by atoms with E-state index in [2.05, 4.69) is 0 Å². The zero-order valence-electron chi connectivity index (χ0n) is 11.2. The number of hydrogen-bond donors (Lipinski definition) is 1. The molecule has 3 rings (SSSR count). The number of carboxylic acid groups (broad SMARTS) is 1. The predicted octanol–water partition coefficient (Wildman–Crippen LogP) is 2.65. The Bertz CT molecular complexity index is 709. The maximum Gasteiger partial charge on any atom is 0.326 e. The van der Waals surface area contributed by atoms with E-state index in [1.165, 1.54) is 23.1 Å². The van der Waals surface area contributed by atoms with Crippen molar-refractivity contribution in [3.05, 3.63) is 35.8 Å². The summed E-state index contributed by atoms with van der Waals surface area (Å²) in [5.74, 6) is -2.09. The van der Waals surface area contributed by atoms with E-state index < -0.39 is 23.7 Å². The average molecular weight is 291 g/mol. The number of furan rings is 1. The number of carbonyl (C=O) groups is 2. The third kappa shape index (κ3) is 2.37. The normalized spacial score (nSPS) is 18.9. The van der Waals surface area contributed by atoms with Gasteiger partial charge in [-0.15, -0.1) is 0 Å². The molecule has 1 aromatic heterocycles. The van der Waals surface area contributed by atoms with Crippen LogP contribution >= 0.6 is 0 Å². The Morgan fingerprint density at radius 2 is 2.14 bits per heavy atom. The summed E-state index contributed by atoms with van der Waals surface area (Å²) in [5, 5.41) is 9.69. The highest BCUT2D eigenvalue weighted by atomic mass is 19.1. The molecule has 2 heterocycles. The third-order valence-electron chi connectivity index (χ3n) is 3.76. The van der Waals surface area contributed by atoms with Crippen molar-refractivity contribution in [1.82, 2.24) is 4.90 Å². The highest BCUT2D eigenvalue weighted by Crippen LogP contribution is 2.25. The minimum Gasteiger partial charge on any atom is -0.480 e. The van der Waals surface area contributed by atoms with Crippen LogP contribution in [-0.4, -0.2) is 34.5 Å². The lowest BCUT2D eigenvalue weighted by molar-refractivity contribution is -0.143. The fraction of sp³-hybridized carbons (Fsp3) is 0.333. The van der Waals surface area contributed by atoms with Crippen LogP contribution in [0, 0.1) is 5.82 Å². The number of likely N-dealkylation sites (tertiary alicyclic amines) is 1. The van der Waals surface area contributed by atoms with E-state index in [0.717, 1.165) is 12.8 Å². The van der Waals surface area contributed by atoms with Gasteiger partial charge in [-0.3, -0.25) is 4.79 Å². The Morgan fingerprint density at radius 3 is 2.86 bits per heavy atom. The molecule has 0 saturated carbocycles. The van der Waals surface area contributed by atoms with Crippen molar-refractivity contribution in [2.45, 2.75) is 25.3 Å². The highest BCUT2D eigenvalue weighted by Gasteiger charge is 2.33. The first-order valence-corrected chi connectivity index (χ1v) is 6.80. The minimum atomic E-state index is -1.02. The number of carboxylic acids is 1. The van der Waals surface area contributed by atoms with Gasteiger partial charge in [0.25, 0.3) is 5.91 Å². The molecule has 5 nitrogen and oxygen atoms in total. The fourth-order valence-electron chi connectivity index (χ4n) is 2.71. The summed E-state index contributed by atoms with van der Waals surface area (Å²) in [6.45, 7) is 0.370. The summed E-state index contributed by atoms with van der Waals surface area (Å²) in [4.78, 5) is 25.0. The Balaban J connectivity index is 1.95. The molecule has 0 spiro atoms. The van der Waals surface area contributed by atoms with Crippen LogP contribution in [0.2, 0.25) is 0 Å². The number of hydrogen-bond acceptors (Lipinski definition) is 3. The van der Waals surface area contributed by atoms with Crippen LogP contribution in [0.1, 0.15) is 29.8 Å². The number of aliphatic carboxylic acids is 1. The minimum absolute atomic E-state index is 0.0183. The van der Waals surface area contributed by atoms with Crippen molar-refractivity contribution in [3.63, 3.8) is 0 Å². The summed E-state index contributed by atoms with van der Waals surface area (Å²) in [7, 11) is 0. The molecule has 1 aliphatic rings. The quantitative estimate of drug-likeness (QED) is 0.923. The summed E-state index contributed by atoms with van der Waals surface area (Å²) < 4.78 is 18.9. The van der Waals surface area contributed by atoms with E-state index in [-0.39, 0.29) is 11.3 Å². The third-order valence-corrected chi connectivity index (χ3v) is 3.76. The molecule has 1 fully saturated rings. The van der Waals surface area contributed by atoms with Gasteiger partial charge in [0.2, 0.25) is 0 Å². The molecule has 6 heteroatoms. The lowest BCUT2D eigenvalue weighted by Crippen LogP contribution is -2.47. The van der Waals surface area contributed by atoms with Crippen molar-refractivity contribution in [1.29, 1.82) is 0 Å². The van der Waals surface area contributed by atoms with Crippen LogP contribution in [0.15, 0.2) is 28.7 Å². The molecule has 1 aliphatic heterocycles. The van der Waals surface area contributed by atoms with Gasteiger partial charge >= 0.3 is 5.97 Å². The van der Waals surface area contributed by atoms with Crippen LogP contribution in [0.4, 0.5) is 4.39 Å². The van der Waals surface area contributed by atoms with Crippen molar-refractivity contribution in [2.24, 2.45) is 0 Å². The van der Waals surface area contributed by atoms with Gasteiger partial charge in [-0.1, -0.05) is 12.1 Å². The molecule has 2 aromatic rings. The van der Waals surface area contributed by atoms with Gasteiger partial charge in [-0.05, 0) is 31.4 Å². The highest BCUT2D eigenvalue weighted by molar-refractivity contribution is 5.98. The molecule has 21 heavy (non-hydrogen) atoms. The van der Waals surface area contributed by atoms with E-state index in [1.807, 2.05) is 0 Å². The van der Waals surface area contributed by atoms with Gasteiger partial charge in [0.1, 0.15) is 6.04 Å². The molecule has 110 valence electrons.